The van der Waals surface area contributed by atoms with Gasteiger partial charge in [0.15, 0.2) is 0 Å². The Kier molecular flexibility index (Phi) is 7.42. The molecule has 0 aliphatic carbocycles. The zero-order valence-corrected chi connectivity index (χ0v) is 14.3. The van der Waals surface area contributed by atoms with Gasteiger partial charge < -0.3 is 15.4 Å². The monoisotopic (exact) mass is 336 g/mol. The van der Waals surface area contributed by atoms with E-state index in [0.717, 1.165) is 36.5 Å². The molecule has 0 bridgehead atoms. The molecule has 0 aromatic heterocycles. The Labute approximate surface area is 141 Å². The molecular formula is C17H24N2O3S. The van der Waals surface area contributed by atoms with Crippen molar-refractivity contribution < 1.29 is 14.3 Å². The molecule has 1 aromatic rings. The number of hydrogen-bond acceptors (Lipinski definition) is 4. The van der Waals surface area contributed by atoms with Crippen LogP contribution in [0.25, 0.3) is 0 Å². The first-order valence-corrected chi connectivity index (χ1v) is 9.22. The number of thioether (sulfide) groups is 1. The van der Waals surface area contributed by atoms with Crippen molar-refractivity contribution in [1.29, 1.82) is 0 Å². The molecule has 6 heteroatoms. The highest BCUT2D eigenvalue weighted by Crippen LogP contribution is 2.24. The van der Waals surface area contributed by atoms with Gasteiger partial charge in [-0.1, -0.05) is 12.1 Å². The van der Waals surface area contributed by atoms with Crippen LogP contribution in [0.5, 0.6) is 0 Å². The standard InChI is InChI=1S/C17H24N2O3S/c1-23-15-8-3-2-7-14(15)19-17(21)10-9-16(20)18-12-13-6-4-5-11-22-13/h2-3,7-8,13H,4-6,9-12H2,1H3,(H,18,20)(H,19,21)/t13-/m0/s1. The highest BCUT2D eigenvalue weighted by molar-refractivity contribution is 7.98. The van der Waals surface area contributed by atoms with Crippen molar-refractivity contribution in [1.82, 2.24) is 5.32 Å². The molecule has 1 saturated heterocycles. The van der Waals surface area contributed by atoms with E-state index in [1.54, 1.807) is 11.8 Å². The quantitative estimate of drug-likeness (QED) is 0.751. The molecule has 0 spiro atoms. The minimum Gasteiger partial charge on any atom is -0.376 e. The highest BCUT2D eigenvalue weighted by atomic mass is 32.2. The van der Waals surface area contributed by atoms with E-state index in [0.29, 0.717) is 6.54 Å². The second-order valence-electron chi connectivity index (χ2n) is 5.54. The molecule has 126 valence electrons. The fraction of sp³-hybridized carbons (Fsp3) is 0.529. The maximum atomic E-state index is 12.0. The number of nitrogens with one attached hydrogen (secondary N) is 2. The first-order chi connectivity index (χ1) is 11.2. The van der Waals surface area contributed by atoms with Gasteiger partial charge in [0.2, 0.25) is 11.8 Å². The van der Waals surface area contributed by atoms with Gasteiger partial charge in [0.05, 0.1) is 11.8 Å². The highest BCUT2D eigenvalue weighted by Gasteiger charge is 2.15. The molecule has 0 radical (unpaired) electrons. The molecule has 1 aliphatic heterocycles. The van der Waals surface area contributed by atoms with E-state index < -0.39 is 0 Å². The lowest BCUT2D eigenvalue weighted by Gasteiger charge is -2.22. The molecule has 0 unspecified atom stereocenters. The van der Waals surface area contributed by atoms with E-state index in [1.165, 1.54) is 0 Å². The molecule has 1 aliphatic rings. The lowest BCUT2D eigenvalue weighted by molar-refractivity contribution is -0.125. The van der Waals surface area contributed by atoms with Crippen LogP contribution in [0.3, 0.4) is 0 Å². The number of carbonyl (C=O) groups excluding carboxylic acids is 2. The predicted molar refractivity (Wildman–Crippen MR) is 92.7 cm³/mol. The van der Waals surface area contributed by atoms with Crippen molar-refractivity contribution in [2.45, 2.75) is 43.1 Å². The van der Waals surface area contributed by atoms with Crippen molar-refractivity contribution in [2.75, 3.05) is 24.7 Å². The van der Waals surface area contributed by atoms with Gasteiger partial charge >= 0.3 is 0 Å². The van der Waals surface area contributed by atoms with E-state index in [4.69, 9.17) is 4.74 Å². The van der Waals surface area contributed by atoms with Crippen LogP contribution in [-0.4, -0.2) is 37.3 Å². The van der Waals surface area contributed by atoms with Gasteiger partial charge in [-0.15, -0.1) is 11.8 Å². The van der Waals surface area contributed by atoms with E-state index in [1.807, 2.05) is 30.5 Å². The summed E-state index contributed by atoms with van der Waals surface area (Å²) in [6, 6.07) is 7.63. The minimum absolute atomic E-state index is 0.104. The summed E-state index contributed by atoms with van der Waals surface area (Å²) in [7, 11) is 0. The molecule has 2 amide bonds. The molecule has 0 saturated carbocycles. The summed E-state index contributed by atoms with van der Waals surface area (Å²) in [5, 5.41) is 5.70. The van der Waals surface area contributed by atoms with Crippen molar-refractivity contribution >= 4 is 29.3 Å². The summed E-state index contributed by atoms with van der Waals surface area (Å²) in [6.45, 7) is 1.31. The number of ether oxygens (including phenoxy) is 1. The Morgan fingerprint density at radius 1 is 1.22 bits per heavy atom. The molecule has 2 rings (SSSR count). The van der Waals surface area contributed by atoms with Crippen LogP contribution >= 0.6 is 11.8 Å². The molecule has 5 nitrogen and oxygen atoms in total. The SMILES string of the molecule is CSc1ccccc1NC(=O)CCC(=O)NC[C@@H]1CCCCO1. The molecule has 1 fully saturated rings. The zero-order valence-electron chi connectivity index (χ0n) is 13.5. The number of amides is 2. The molecule has 2 N–H and O–H groups in total. The van der Waals surface area contributed by atoms with Crippen molar-refractivity contribution in [3.63, 3.8) is 0 Å². The summed E-state index contributed by atoms with van der Waals surface area (Å²) in [5.74, 6) is -0.247. The van der Waals surface area contributed by atoms with E-state index >= 15 is 0 Å². The van der Waals surface area contributed by atoms with Gasteiger partial charge in [-0.3, -0.25) is 9.59 Å². The summed E-state index contributed by atoms with van der Waals surface area (Å²) in [6.07, 6.45) is 5.70. The first-order valence-electron chi connectivity index (χ1n) is 8.00. The maximum Gasteiger partial charge on any atom is 0.224 e. The fourth-order valence-electron chi connectivity index (χ4n) is 2.47. The van der Waals surface area contributed by atoms with E-state index in [9.17, 15) is 9.59 Å². The third-order valence-electron chi connectivity index (χ3n) is 3.76. The second kappa shape index (κ2) is 9.57. The Morgan fingerprint density at radius 2 is 2.00 bits per heavy atom. The predicted octanol–water partition coefficient (Wildman–Crippen LogP) is 2.81. The molecule has 1 heterocycles. The first kappa shape index (κ1) is 17.8. The average molecular weight is 336 g/mol. The number of rotatable bonds is 7. The second-order valence-corrected chi connectivity index (χ2v) is 6.39. The number of anilines is 1. The van der Waals surface area contributed by atoms with Gasteiger partial charge in [0, 0.05) is 30.9 Å². The Hall–Kier alpha value is -1.53. The third kappa shape index (κ3) is 6.23. The van der Waals surface area contributed by atoms with Crippen LogP contribution in [0.4, 0.5) is 5.69 Å². The van der Waals surface area contributed by atoms with Crippen molar-refractivity contribution in [2.24, 2.45) is 0 Å². The number of para-hydroxylation sites is 1. The van der Waals surface area contributed by atoms with E-state index in [-0.39, 0.29) is 30.8 Å². The van der Waals surface area contributed by atoms with Gasteiger partial charge in [0.25, 0.3) is 0 Å². The minimum atomic E-state index is -0.143. The zero-order chi connectivity index (χ0) is 16.5. The fourth-order valence-corrected chi connectivity index (χ4v) is 3.03. The Balaban J connectivity index is 1.68. The van der Waals surface area contributed by atoms with Crippen molar-refractivity contribution in [3.05, 3.63) is 24.3 Å². The summed E-state index contributed by atoms with van der Waals surface area (Å²) >= 11 is 1.58. The van der Waals surface area contributed by atoms with Crippen LogP contribution < -0.4 is 10.6 Å². The van der Waals surface area contributed by atoms with E-state index in [2.05, 4.69) is 10.6 Å². The van der Waals surface area contributed by atoms with Crippen LogP contribution in [0.2, 0.25) is 0 Å². The summed E-state index contributed by atoms with van der Waals surface area (Å²) in [5.41, 5.74) is 0.793. The van der Waals surface area contributed by atoms with Crippen LogP contribution in [0.15, 0.2) is 29.2 Å². The average Bonchev–Trinajstić information content (AvgIpc) is 2.59. The van der Waals surface area contributed by atoms with Gasteiger partial charge in [0.1, 0.15) is 0 Å². The molecular weight excluding hydrogens is 312 g/mol. The summed E-state index contributed by atoms with van der Waals surface area (Å²) < 4.78 is 5.56. The van der Waals surface area contributed by atoms with Crippen LogP contribution in [-0.2, 0) is 14.3 Å². The normalized spacial score (nSPS) is 17.5. The maximum absolute atomic E-state index is 12.0. The van der Waals surface area contributed by atoms with Crippen molar-refractivity contribution in [3.8, 4) is 0 Å². The molecule has 1 atom stereocenters. The molecule has 23 heavy (non-hydrogen) atoms. The number of benzene rings is 1. The van der Waals surface area contributed by atoms with Gasteiger partial charge in [-0.2, -0.15) is 0 Å². The molecule has 1 aromatic carbocycles. The lowest BCUT2D eigenvalue weighted by atomic mass is 10.1. The number of carbonyl (C=O) groups is 2. The Morgan fingerprint density at radius 3 is 2.74 bits per heavy atom. The van der Waals surface area contributed by atoms with Gasteiger partial charge in [-0.25, -0.2) is 0 Å². The lowest BCUT2D eigenvalue weighted by Crippen LogP contribution is -2.35. The topological polar surface area (TPSA) is 67.4 Å². The number of hydrogen-bond donors (Lipinski definition) is 2. The largest absolute Gasteiger partial charge is 0.376 e. The Bertz CT molecular complexity index is 530. The van der Waals surface area contributed by atoms with Crippen LogP contribution in [0.1, 0.15) is 32.1 Å². The van der Waals surface area contributed by atoms with Gasteiger partial charge in [-0.05, 0) is 37.7 Å². The van der Waals surface area contributed by atoms with Crippen LogP contribution in [0, 0.1) is 0 Å². The third-order valence-corrected chi connectivity index (χ3v) is 4.56. The smallest absolute Gasteiger partial charge is 0.224 e. The summed E-state index contributed by atoms with van der Waals surface area (Å²) in [4.78, 5) is 24.8.